The number of rotatable bonds is 1. The zero-order valence-corrected chi connectivity index (χ0v) is 9.43. The third-order valence-electron chi connectivity index (χ3n) is 3.08. The molecular formula is C14H10FNO2. The van der Waals surface area contributed by atoms with Crippen LogP contribution in [0.3, 0.4) is 0 Å². The van der Waals surface area contributed by atoms with Crippen LogP contribution in [0.1, 0.15) is 15.9 Å². The van der Waals surface area contributed by atoms with Crippen molar-refractivity contribution in [2.24, 2.45) is 0 Å². The Hall–Kier alpha value is -2.36. The molecule has 0 fully saturated rings. The Morgan fingerprint density at radius 1 is 1.11 bits per heavy atom. The van der Waals surface area contributed by atoms with E-state index in [1.165, 1.54) is 17.0 Å². The lowest BCUT2D eigenvalue weighted by Crippen LogP contribution is -2.22. The van der Waals surface area contributed by atoms with E-state index in [2.05, 4.69) is 0 Å². The molecule has 0 spiro atoms. The molecule has 1 aliphatic heterocycles. The van der Waals surface area contributed by atoms with E-state index in [0.29, 0.717) is 23.4 Å². The van der Waals surface area contributed by atoms with E-state index >= 15 is 0 Å². The Labute approximate surface area is 103 Å². The van der Waals surface area contributed by atoms with Gasteiger partial charge in [-0.3, -0.25) is 4.79 Å². The summed E-state index contributed by atoms with van der Waals surface area (Å²) in [5.41, 5.74) is 1.74. The summed E-state index contributed by atoms with van der Waals surface area (Å²) in [5, 5.41) is 9.72. The monoisotopic (exact) mass is 243 g/mol. The molecule has 0 aliphatic carbocycles. The molecule has 1 N–H and O–H groups in total. The normalized spacial score (nSPS) is 13.8. The number of carbonyl (C=O) groups excluding carboxylic acids is 1. The van der Waals surface area contributed by atoms with Crippen molar-refractivity contribution in [1.29, 1.82) is 0 Å². The molecule has 0 radical (unpaired) electrons. The van der Waals surface area contributed by atoms with Gasteiger partial charge in [0.1, 0.15) is 11.6 Å². The molecule has 90 valence electrons. The molecule has 2 aromatic rings. The van der Waals surface area contributed by atoms with E-state index in [0.717, 1.165) is 0 Å². The summed E-state index contributed by atoms with van der Waals surface area (Å²) in [4.78, 5) is 13.7. The SMILES string of the molecule is O=C1c2cccc(O)c2CN1c1ccc(F)cc1. The summed E-state index contributed by atoms with van der Waals surface area (Å²) in [5.74, 6) is -0.399. The number of nitrogens with zero attached hydrogens (tertiary/aromatic N) is 1. The number of hydrogen-bond acceptors (Lipinski definition) is 2. The van der Waals surface area contributed by atoms with Gasteiger partial charge in [0.2, 0.25) is 0 Å². The van der Waals surface area contributed by atoms with Gasteiger partial charge in [-0.25, -0.2) is 4.39 Å². The van der Waals surface area contributed by atoms with E-state index in [-0.39, 0.29) is 17.5 Å². The fourth-order valence-electron chi connectivity index (χ4n) is 2.15. The summed E-state index contributed by atoms with van der Waals surface area (Å²) in [6, 6.07) is 10.6. The zero-order valence-electron chi connectivity index (χ0n) is 9.43. The molecule has 2 aromatic carbocycles. The number of aromatic hydroxyl groups is 1. The van der Waals surface area contributed by atoms with Gasteiger partial charge in [-0.1, -0.05) is 6.07 Å². The second-order valence-electron chi connectivity index (χ2n) is 4.17. The van der Waals surface area contributed by atoms with Crippen LogP contribution in [0.15, 0.2) is 42.5 Å². The van der Waals surface area contributed by atoms with Crippen molar-refractivity contribution >= 4 is 11.6 Å². The van der Waals surface area contributed by atoms with E-state index in [4.69, 9.17) is 0 Å². The average molecular weight is 243 g/mol. The summed E-state index contributed by atoms with van der Waals surface area (Å²) in [6.45, 7) is 0.312. The van der Waals surface area contributed by atoms with Crippen molar-refractivity contribution in [3.8, 4) is 5.75 Å². The van der Waals surface area contributed by atoms with Crippen molar-refractivity contribution in [3.05, 3.63) is 59.4 Å². The molecule has 0 aromatic heterocycles. The fraction of sp³-hybridized carbons (Fsp3) is 0.0714. The highest BCUT2D eigenvalue weighted by atomic mass is 19.1. The number of hydrogen-bond donors (Lipinski definition) is 1. The number of fused-ring (bicyclic) bond motifs is 1. The van der Waals surface area contributed by atoms with Crippen LogP contribution in [0.25, 0.3) is 0 Å². The van der Waals surface area contributed by atoms with Crippen LogP contribution >= 0.6 is 0 Å². The minimum Gasteiger partial charge on any atom is -0.508 e. The van der Waals surface area contributed by atoms with Gasteiger partial charge in [0, 0.05) is 16.8 Å². The average Bonchev–Trinajstić information content (AvgIpc) is 2.70. The third-order valence-corrected chi connectivity index (χ3v) is 3.08. The Morgan fingerprint density at radius 3 is 2.50 bits per heavy atom. The number of amides is 1. The molecular weight excluding hydrogens is 233 g/mol. The topological polar surface area (TPSA) is 40.5 Å². The van der Waals surface area contributed by atoms with Gasteiger partial charge in [-0.05, 0) is 36.4 Å². The molecule has 1 amide bonds. The van der Waals surface area contributed by atoms with Gasteiger partial charge in [-0.15, -0.1) is 0 Å². The number of phenols is 1. The minimum absolute atomic E-state index is 0.116. The maximum absolute atomic E-state index is 12.9. The van der Waals surface area contributed by atoms with Gasteiger partial charge in [-0.2, -0.15) is 0 Å². The first-order chi connectivity index (χ1) is 8.66. The highest BCUT2D eigenvalue weighted by Crippen LogP contribution is 2.33. The molecule has 1 heterocycles. The van der Waals surface area contributed by atoms with Crippen molar-refractivity contribution in [3.63, 3.8) is 0 Å². The van der Waals surface area contributed by atoms with Gasteiger partial charge in [0.15, 0.2) is 0 Å². The fourth-order valence-corrected chi connectivity index (χ4v) is 2.15. The number of carbonyl (C=O) groups is 1. The Balaban J connectivity index is 2.02. The standard InChI is InChI=1S/C14H10FNO2/c15-9-4-6-10(7-5-9)16-8-12-11(14(16)18)2-1-3-13(12)17/h1-7,17H,8H2. The lowest BCUT2D eigenvalue weighted by atomic mass is 10.1. The molecule has 0 unspecified atom stereocenters. The first kappa shape index (κ1) is 10.8. The van der Waals surface area contributed by atoms with Crippen molar-refractivity contribution in [1.82, 2.24) is 0 Å². The second-order valence-corrected chi connectivity index (χ2v) is 4.17. The van der Waals surface area contributed by atoms with Crippen LogP contribution in [-0.2, 0) is 6.54 Å². The van der Waals surface area contributed by atoms with Gasteiger partial charge in [0.25, 0.3) is 5.91 Å². The van der Waals surface area contributed by atoms with Crippen molar-refractivity contribution < 1.29 is 14.3 Å². The first-order valence-electron chi connectivity index (χ1n) is 5.55. The van der Waals surface area contributed by atoms with Crippen LogP contribution < -0.4 is 4.90 Å². The van der Waals surface area contributed by atoms with Gasteiger partial charge in [0.05, 0.1) is 6.54 Å². The molecule has 3 nitrogen and oxygen atoms in total. The zero-order chi connectivity index (χ0) is 12.7. The summed E-state index contributed by atoms with van der Waals surface area (Å²) in [7, 11) is 0. The molecule has 18 heavy (non-hydrogen) atoms. The second kappa shape index (κ2) is 3.84. The maximum atomic E-state index is 12.9. The van der Waals surface area contributed by atoms with Crippen LogP contribution in [-0.4, -0.2) is 11.0 Å². The van der Waals surface area contributed by atoms with Crippen LogP contribution in [0.4, 0.5) is 10.1 Å². The number of anilines is 1. The number of phenolic OH excluding ortho intramolecular Hbond substituents is 1. The van der Waals surface area contributed by atoms with Crippen LogP contribution in [0, 0.1) is 5.82 Å². The molecule has 3 rings (SSSR count). The van der Waals surface area contributed by atoms with Crippen molar-refractivity contribution in [2.75, 3.05) is 4.90 Å². The van der Waals surface area contributed by atoms with E-state index in [9.17, 15) is 14.3 Å². The Morgan fingerprint density at radius 2 is 1.83 bits per heavy atom. The molecule has 4 heteroatoms. The third kappa shape index (κ3) is 1.54. The van der Waals surface area contributed by atoms with Gasteiger partial charge >= 0.3 is 0 Å². The maximum Gasteiger partial charge on any atom is 0.259 e. The smallest absolute Gasteiger partial charge is 0.259 e. The quantitative estimate of drug-likeness (QED) is 0.836. The van der Waals surface area contributed by atoms with Crippen molar-refractivity contribution in [2.45, 2.75) is 6.54 Å². The molecule has 1 aliphatic rings. The number of halogens is 1. The van der Waals surface area contributed by atoms with E-state index < -0.39 is 0 Å². The Bertz CT molecular complexity index is 622. The first-order valence-corrected chi connectivity index (χ1v) is 5.55. The van der Waals surface area contributed by atoms with E-state index in [1.54, 1.807) is 30.3 Å². The Kier molecular flexibility index (Phi) is 2.30. The highest BCUT2D eigenvalue weighted by molar-refractivity contribution is 6.10. The molecule has 0 bridgehead atoms. The summed E-state index contributed by atoms with van der Waals surface area (Å²) >= 11 is 0. The summed E-state index contributed by atoms with van der Waals surface area (Å²) < 4.78 is 12.9. The minimum atomic E-state index is -0.342. The molecule has 0 atom stereocenters. The predicted octanol–water partition coefficient (Wildman–Crippen LogP) is 2.69. The largest absolute Gasteiger partial charge is 0.508 e. The summed E-state index contributed by atoms with van der Waals surface area (Å²) in [6.07, 6.45) is 0. The van der Waals surface area contributed by atoms with Crippen LogP contribution in [0.5, 0.6) is 5.75 Å². The lowest BCUT2D eigenvalue weighted by Gasteiger charge is -2.15. The van der Waals surface area contributed by atoms with Gasteiger partial charge < -0.3 is 10.0 Å². The van der Waals surface area contributed by atoms with E-state index in [1.807, 2.05) is 0 Å². The predicted molar refractivity (Wildman–Crippen MR) is 65.0 cm³/mol. The number of benzene rings is 2. The van der Waals surface area contributed by atoms with Crippen LogP contribution in [0.2, 0.25) is 0 Å². The highest BCUT2D eigenvalue weighted by Gasteiger charge is 2.30. The molecule has 0 saturated heterocycles. The molecule has 0 saturated carbocycles. The lowest BCUT2D eigenvalue weighted by molar-refractivity contribution is 0.0996.